The van der Waals surface area contributed by atoms with E-state index in [4.69, 9.17) is 9.47 Å². The molecular weight excluding hydrogens is 527 g/mol. The van der Waals surface area contributed by atoms with Crippen LogP contribution in [-0.2, 0) is 6.61 Å². The molecule has 4 rings (SSSR count). The number of ether oxygens (including phenoxy) is 2. The van der Waals surface area contributed by atoms with Gasteiger partial charge in [-0.3, -0.25) is 4.79 Å². The Morgan fingerprint density at radius 2 is 1.64 bits per heavy atom. The number of hydrogen-bond donors (Lipinski definition) is 1. The number of esters is 1. The Balaban J connectivity index is 1.30. The molecule has 0 aliphatic heterocycles. The van der Waals surface area contributed by atoms with Crippen molar-refractivity contribution in [2.45, 2.75) is 6.61 Å². The van der Waals surface area contributed by atoms with E-state index in [1.165, 1.54) is 24.4 Å². The number of nitrogens with one attached hydrogen (secondary N) is 1. The summed E-state index contributed by atoms with van der Waals surface area (Å²) in [6.07, 6.45) is 1.41. The van der Waals surface area contributed by atoms with Gasteiger partial charge in [-0.25, -0.2) is 14.6 Å². The summed E-state index contributed by atoms with van der Waals surface area (Å²) in [5.74, 6) is -1.00. The first kappa shape index (κ1) is 24.8. The molecule has 0 heterocycles. The Morgan fingerprint density at radius 1 is 0.889 bits per heavy atom. The highest BCUT2D eigenvalue weighted by atomic mass is 79.9. The normalized spacial score (nSPS) is 10.7. The smallest absolute Gasteiger partial charge is 0.346 e. The fourth-order valence-corrected chi connectivity index (χ4v) is 3.39. The van der Waals surface area contributed by atoms with Crippen molar-refractivity contribution in [1.29, 1.82) is 0 Å². The number of carbonyl (C=O) groups excluding carboxylic acids is 2. The number of carbonyl (C=O) groups is 2. The molecule has 4 aromatic carbocycles. The van der Waals surface area contributed by atoms with Gasteiger partial charge in [0.2, 0.25) is 0 Å². The fourth-order valence-electron chi connectivity index (χ4n) is 3.13. The fraction of sp³-hybridized carbons (Fsp3) is 0.0357. The van der Waals surface area contributed by atoms with Gasteiger partial charge in [0.1, 0.15) is 23.9 Å². The maximum Gasteiger partial charge on any atom is 0.346 e. The Bertz CT molecular complexity index is 1390. The zero-order valence-electron chi connectivity index (χ0n) is 18.9. The lowest BCUT2D eigenvalue weighted by Gasteiger charge is -2.07. The highest BCUT2D eigenvalue weighted by molar-refractivity contribution is 9.10. The van der Waals surface area contributed by atoms with Crippen LogP contribution in [0.1, 0.15) is 31.8 Å². The Labute approximate surface area is 215 Å². The molecule has 0 aliphatic rings. The molecule has 36 heavy (non-hydrogen) atoms. The first-order valence-electron chi connectivity index (χ1n) is 10.9. The Kier molecular flexibility index (Phi) is 8.20. The third-order valence-electron chi connectivity index (χ3n) is 4.98. The van der Waals surface area contributed by atoms with Gasteiger partial charge in [-0.1, -0.05) is 52.3 Å². The van der Waals surface area contributed by atoms with E-state index in [-0.39, 0.29) is 11.3 Å². The molecule has 0 saturated carbocycles. The highest BCUT2D eigenvalue weighted by Gasteiger charge is 2.13. The van der Waals surface area contributed by atoms with Crippen LogP contribution in [0.5, 0.6) is 11.5 Å². The van der Waals surface area contributed by atoms with Crippen LogP contribution in [0.15, 0.2) is 107 Å². The van der Waals surface area contributed by atoms with Crippen molar-refractivity contribution >= 4 is 34.0 Å². The minimum Gasteiger partial charge on any atom is -0.489 e. The molecule has 0 unspecified atom stereocenters. The molecule has 0 atom stereocenters. The molecular formula is C28H20BrFN2O4. The largest absolute Gasteiger partial charge is 0.489 e. The van der Waals surface area contributed by atoms with Crippen LogP contribution < -0.4 is 14.9 Å². The number of nitrogens with zero attached hydrogens (tertiary/aromatic N) is 1. The lowest BCUT2D eigenvalue weighted by molar-refractivity contribution is 0.0729. The van der Waals surface area contributed by atoms with Crippen molar-refractivity contribution in [3.05, 3.63) is 130 Å². The molecule has 0 saturated heterocycles. The topological polar surface area (TPSA) is 77.0 Å². The number of benzene rings is 4. The van der Waals surface area contributed by atoms with E-state index in [0.29, 0.717) is 23.5 Å². The zero-order chi connectivity index (χ0) is 25.3. The van der Waals surface area contributed by atoms with Gasteiger partial charge in [-0.2, -0.15) is 5.10 Å². The molecule has 0 spiro atoms. The number of amides is 1. The second-order valence-electron chi connectivity index (χ2n) is 7.58. The van der Waals surface area contributed by atoms with Gasteiger partial charge in [0.05, 0.1) is 11.8 Å². The summed E-state index contributed by atoms with van der Waals surface area (Å²) in [6, 6.07) is 26.6. The molecule has 0 aromatic heterocycles. The van der Waals surface area contributed by atoms with Crippen molar-refractivity contribution in [2.24, 2.45) is 5.10 Å². The molecule has 0 radical (unpaired) electrons. The van der Waals surface area contributed by atoms with E-state index in [1.807, 2.05) is 24.3 Å². The average Bonchev–Trinajstić information content (AvgIpc) is 2.89. The second-order valence-corrected chi connectivity index (χ2v) is 8.50. The molecule has 8 heteroatoms. The van der Waals surface area contributed by atoms with E-state index >= 15 is 0 Å². The van der Waals surface area contributed by atoms with Gasteiger partial charge in [0, 0.05) is 10.0 Å². The van der Waals surface area contributed by atoms with Gasteiger partial charge in [0.15, 0.2) is 0 Å². The minimum absolute atomic E-state index is 0.159. The van der Waals surface area contributed by atoms with Crippen molar-refractivity contribution in [3.8, 4) is 11.5 Å². The predicted octanol–water partition coefficient (Wildman–Crippen LogP) is 6.15. The maximum atomic E-state index is 13.8. The third kappa shape index (κ3) is 6.86. The summed E-state index contributed by atoms with van der Waals surface area (Å²) in [4.78, 5) is 24.6. The number of halogens is 2. The lowest BCUT2D eigenvalue weighted by Crippen LogP contribution is -2.17. The molecule has 1 amide bonds. The first-order chi connectivity index (χ1) is 17.5. The van der Waals surface area contributed by atoms with E-state index < -0.39 is 17.7 Å². The van der Waals surface area contributed by atoms with Gasteiger partial charge in [-0.15, -0.1) is 0 Å². The van der Waals surface area contributed by atoms with Crippen LogP contribution in [0.2, 0.25) is 0 Å². The van der Waals surface area contributed by atoms with E-state index in [2.05, 4.69) is 26.5 Å². The van der Waals surface area contributed by atoms with Crippen LogP contribution in [0.4, 0.5) is 4.39 Å². The quantitative estimate of drug-likeness (QED) is 0.124. The van der Waals surface area contributed by atoms with Crippen molar-refractivity contribution in [3.63, 3.8) is 0 Å². The Morgan fingerprint density at radius 3 is 2.39 bits per heavy atom. The summed E-state index contributed by atoms with van der Waals surface area (Å²) in [7, 11) is 0. The maximum absolute atomic E-state index is 13.8. The summed E-state index contributed by atoms with van der Waals surface area (Å²) < 4.78 is 25.8. The number of hydrogen-bond acceptors (Lipinski definition) is 5. The SMILES string of the molecule is O=C(N/N=C\c1cccc(OC(=O)c2ccccc2F)c1)c1ccc(OCc2ccc(Br)cc2)cc1. The lowest BCUT2D eigenvalue weighted by atomic mass is 10.2. The van der Waals surface area contributed by atoms with Crippen LogP contribution in [0, 0.1) is 5.82 Å². The van der Waals surface area contributed by atoms with Crippen molar-refractivity contribution < 1.29 is 23.5 Å². The van der Waals surface area contributed by atoms with Crippen molar-refractivity contribution in [2.75, 3.05) is 0 Å². The van der Waals surface area contributed by atoms with E-state index in [1.54, 1.807) is 54.6 Å². The molecule has 180 valence electrons. The summed E-state index contributed by atoms with van der Waals surface area (Å²) in [5, 5.41) is 3.96. The van der Waals surface area contributed by atoms with Crippen molar-refractivity contribution in [1.82, 2.24) is 5.43 Å². The highest BCUT2D eigenvalue weighted by Crippen LogP contribution is 2.17. The standard InChI is InChI=1S/C28H20BrFN2O4/c29-22-12-8-19(9-13-22)18-35-23-14-10-21(11-15-23)27(33)32-31-17-20-4-3-5-24(16-20)36-28(34)25-6-1-2-7-26(25)30/h1-17H,18H2,(H,32,33)/b31-17-. The third-order valence-corrected chi connectivity index (χ3v) is 5.51. The number of rotatable bonds is 8. The molecule has 4 aromatic rings. The van der Waals surface area contributed by atoms with Crippen LogP contribution >= 0.6 is 15.9 Å². The minimum atomic E-state index is -0.806. The average molecular weight is 547 g/mol. The van der Waals surface area contributed by atoms with E-state index in [9.17, 15) is 14.0 Å². The second kappa shape index (κ2) is 11.9. The molecule has 0 aliphatic carbocycles. The molecule has 0 bridgehead atoms. The summed E-state index contributed by atoms with van der Waals surface area (Å²) in [6.45, 7) is 0.414. The van der Waals surface area contributed by atoms with Gasteiger partial charge >= 0.3 is 5.97 Å². The van der Waals surface area contributed by atoms with Gasteiger partial charge in [0.25, 0.3) is 5.91 Å². The van der Waals surface area contributed by atoms with Gasteiger partial charge < -0.3 is 9.47 Å². The monoisotopic (exact) mass is 546 g/mol. The number of hydrazone groups is 1. The predicted molar refractivity (Wildman–Crippen MR) is 138 cm³/mol. The van der Waals surface area contributed by atoms with Gasteiger partial charge in [-0.05, 0) is 71.8 Å². The van der Waals surface area contributed by atoms with E-state index in [0.717, 1.165) is 10.0 Å². The summed E-state index contributed by atoms with van der Waals surface area (Å²) >= 11 is 3.40. The van der Waals surface area contributed by atoms with Crippen LogP contribution in [-0.4, -0.2) is 18.1 Å². The van der Waals surface area contributed by atoms with Crippen LogP contribution in [0.3, 0.4) is 0 Å². The van der Waals surface area contributed by atoms with Crippen LogP contribution in [0.25, 0.3) is 0 Å². The zero-order valence-corrected chi connectivity index (χ0v) is 20.4. The Hall–Kier alpha value is -4.30. The molecule has 0 fully saturated rings. The molecule has 1 N–H and O–H groups in total. The molecule has 6 nitrogen and oxygen atoms in total. The first-order valence-corrected chi connectivity index (χ1v) is 11.6. The summed E-state index contributed by atoms with van der Waals surface area (Å²) in [5.41, 5.74) is 4.31.